The number of hydrogen-bond acceptors (Lipinski definition) is 8. The molecule has 2 aliphatic rings. The Kier molecular flexibility index (Phi) is 7.66. The maximum absolute atomic E-state index is 16.5. The van der Waals surface area contributed by atoms with E-state index >= 15 is 4.39 Å². The second-order valence-corrected chi connectivity index (χ2v) is 12.0. The van der Waals surface area contributed by atoms with Gasteiger partial charge in [-0.25, -0.2) is 9.07 Å². The van der Waals surface area contributed by atoms with Crippen molar-refractivity contribution in [1.29, 1.82) is 0 Å². The molecule has 0 amide bonds. The number of ether oxygens (including phenoxy) is 3. The summed E-state index contributed by atoms with van der Waals surface area (Å²) in [7, 11) is 3.91. The number of fused-ring (bicyclic) bond motifs is 2. The van der Waals surface area contributed by atoms with E-state index in [1.54, 1.807) is 6.20 Å². The maximum Gasteiger partial charge on any atom is 0.422 e. The number of nitrogens with zero attached hydrogens (tertiary/aromatic N) is 6. The van der Waals surface area contributed by atoms with E-state index in [-0.39, 0.29) is 40.9 Å². The van der Waals surface area contributed by atoms with Crippen molar-refractivity contribution in [3.05, 3.63) is 35.4 Å². The van der Waals surface area contributed by atoms with Gasteiger partial charge in [-0.05, 0) is 77.2 Å². The first-order valence-corrected chi connectivity index (χ1v) is 14.4. The number of halogens is 4. The first kappa shape index (κ1) is 29.5. The summed E-state index contributed by atoms with van der Waals surface area (Å²) in [4.78, 5) is 14.8. The third kappa shape index (κ3) is 5.97. The second-order valence-electron chi connectivity index (χ2n) is 12.0. The van der Waals surface area contributed by atoms with E-state index in [2.05, 4.69) is 20.1 Å². The van der Waals surface area contributed by atoms with Crippen molar-refractivity contribution in [2.75, 3.05) is 40.5 Å². The number of aryl methyl sites for hydroxylation is 1. The van der Waals surface area contributed by atoms with E-state index in [4.69, 9.17) is 14.2 Å². The number of alkyl halides is 3. The molecule has 0 radical (unpaired) electrons. The highest BCUT2D eigenvalue weighted by atomic mass is 19.4. The van der Waals surface area contributed by atoms with Gasteiger partial charge in [0.15, 0.2) is 18.7 Å². The highest BCUT2D eigenvalue weighted by molar-refractivity contribution is 5.98. The predicted molar refractivity (Wildman–Crippen MR) is 152 cm³/mol. The highest BCUT2D eigenvalue weighted by Crippen LogP contribution is 2.46. The fourth-order valence-electron chi connectivity index (χ4n) is 5.80. The maximum atomic E-state index is 16.5. The SMILES string of the molecule is Cc1cc2c(cnn2C2CCCCO2)c(-c2ncc3c(OCC(F)(F)F)nc(OCC4(CN(C)C)CC4)nc3c2F)c1C. The minimum absolute atomic E-state index is 0.000467. The number of aromatic nitrogens is 5. The monoisotopic (exact) mass is 602 g/mol. The third-order valence-corrected chi connectivity index (χ3v) is 8.21. The van der Waals surface area contributed by atoms with Crippen molar-refractivity contribution >= 4 is 21.8 Å². The Labute approximate surface area is 246 Å². The van der Waals surface area contributed by atoms with Crippen LogP contribution in [0.1, 0.15) is 49.5 Å². The van der Waals surface area contributed by atoms with Crippen LogP contribution in [0.25, 0.3) is 33.1 Å². The summed E-state index contributed by atoms with van der Waals surface area (Å²) < 4.78 is 74.5. The Balaban J connectivity index is 1.45. The zero-order valence-electron chi connectivity index (χ0n) is 24.6. The van der Waals surface area contributed by atoms with Crippen LogP contribution in [-0.4, -0.2) is 76.3 Å². The summed E-state index contributed by atoms with van der Waals surface area (Å²) in [6.07, 6.45) is 2.76. The summed E-state index contributed by atoms with van der Waals surface area (Å²) in [6.45, 7) is 3.85. The van der Waals surface area contributed by atoms with Crippen LogP contribution < -0.4 is 9.47 Å². The predicted octanol–water partition coefficient (Wildman–Crippen LogP) is 6.16. The molecule has 4 heterocycles. The minimum atomic E-state index is -4.62. The fourth-order valence-corrected chi connectivity index (χ4v) is 5.80. The Morgan fingerprint density at radius 2 is 1.88 bits per heavy atom. The average Bonchev–Trinajstić information content (AvgIpc) is 3.59. The molecule has 4 aromatic rings. The summed E-state index contributed by atoms with van der Waals surface area (Å²) >= 11 is 0. The first-order valence-electron chi connectivity index (χ1n) is 14.4. The molecule has 1 saturated heterocycles. The normalized spacial score (nSPS) is 18.5. The number of hydrogen-bond donors (Lipinski definition) is 0. The van der Waals surface area contributed by atoms with Gasteiger partial charge in [0, 0.05) is 35.7 Å². The van der Waals surface area contributed by atoms with Crippen LogP contribution in [0.15, 0.2) is 18.5 Å². The molecule has 230 valence electrons. The number of rotatable bonds is 9. The largest absolute Gasteiger partial charge is 0.467 e. The number of pyridine rings is 1. The van der Waals surface area contributed by atoms with E-state index in [1.807, 2.05) is 43.6 Å². The quantitative estimate of drug-likeness (QED) is 0.211. The molecule has 1 aliphatic heterocycles. The van der Waals surface area contributed by atoms with Gasteiger partial charge < -0.3 is 19.1 Å². The van der Waals surface area contributed by atoms with Crippen LogP contribution in [0, 0.1) is 25.1 Å². The third-order valence-electron chi connectivity index (χ3n) is 8.21. The van der Waals surface area contributed by atoms with Gasteiger partial charge in [-0.1, -0.05) is 0 Å². The lowest BCUT2D eigenvalue weighted by molar-refractivity contribution is -0.153. The molecule has 1 aromatic carbocycles. The molecule has 1 aliphatic carbocycles. The van der Waals surface area contributed by atoms with Crippen molar-refractivity contribution in [2.45, 2.75) is 58.4 Å². The molecular weight excluding hydrogens is 568 g/mol. The Hall–Kier alpha value is -3.58. The average molecular weight is 603 g/mol. The molecule has 9 nitrogen and oxygen atoms in total. The zero-order valence-corrected chi connectivity index (χ0v) is 24.6. The van der Waals surface area contributed by atoms with Crippen LogP contribution in [0.5, 0.6) is 11.9 Å². The minimum Gasteiger partial charge on any atom is -0.467 e. The molecule has 2 fully saturated rings. The molecule has 1 atom stereocenters. The highest BCUT2D eigenvalue weighted by Gasteiger charge is 2.44. The molecule has 6 rings (SSSR count). The van der Waals surface area contributed by atoms with Gasteiger partial charge in [0.1, 0.15) is 11.2 Å². The van der Waals surface area contributed by atoms with Gasteiger partial charge in [0.2, 0.25) is 5.88 Å². The molecule has 0 N–H and O–H groups in total. The van der Waals surface area contributed by atoms with E-state index < -0.39 is 24.5 Å². The van der Waals surface area contributed by atoms with Crippen molar-refractivity contribution < 1.29 is 31.8 Å². The van der Waals surface area contributed by atoms with Gasteiger partial charge in [-0.2, -0.15) is 28.2 Å². The summed E-state index contributed by atoms with van der Waals surface area (Å²) in [5.41, 5.74) is 2.66. The smallest absolute Gasteiger partial charge is 0.422 e. The lowest BCUT2D eigenvalue weighted by Gasteiger charge is -2.24. The molecule has 1 unspecified atom stereocenters. The Morgan fingerprint density at radius 3 is 2.56 bits per heavy atom. The van der Waals surface area contributed by atoms with Gasteiger partial charge in [-0.3, -0.25) is 4.98 Å². The lowest BCUT2D eigenvalue weighted by Crippen LogP contribution is -2.28. The van der Waals surface area contributed by atoms with E-state index in [0.717, 1.165) is 55.3 Å². The summed E-state index contributed by atoms with van der Waals surface area (Å²) in [6, 6.07) is 1.75. The van der Waals surface area contributed by atoms with Gasteiger partial charge in [0.05, 0.1) is 23.7 Å². The Bertz CT molecular complexity index is 1660. The molecule has 1 saturated carbocycles. The van der Waals surface area contributed by atoms with Crippen LogP contribution >= 0.6 is 0 Å². The standard InChI is InChI=1S/C30H34F4N6O3/c1-17-11-21-19(13-36-40(21)22-7-5-6-10-41-22)23(18(17)2)26-24(31)25-20(12-35-26)27(42-16-30(32,33)34)38-28(37-25)43-15-29(8-9-29)14-39(3)4/h11-13,22H,5-10,14-16H2,1-4H3. The van der Waals surface area contributed by atoms with Crippen LogP contribution in [-0.2, 0) is 4.74 Å². The molecule has 0 spiro atoms. The van der Waals surface area contributed by atoms with Crippen molar-refractivity contribution in [2.24, 2.45) is 5.41 Å². The molecule has 43 heavy (non-hydrogen) atoms. The number of benzene rings is 1. The van der Waals surface area contributed by atoms with E-state index in [0.29, 0.717) is 17.6 Å². The first-order chi connectivity index (χ1) is 20.4. The fraction of sp³-hybridized carbons (Fsp3) is 0.533. The second kappa shape index (κ2) is 11.2. The van der Waals surface area contributed by atoms with Crippen LogP contribution in [0.2, 0.25) is 0 Å². The van der Waals surface area contributed by atoms with Crippen LogP contribution in [0.3, 0.4) is 0 Å². The molecular formula is C30H34F4N6O3. The van der Waals surface area contributed by atoms with Crippen molar-refractivity contribution in [1.82, 2.24) is 29.6 Å². The van der Waals surface area contributed by atoms with Crippen LogP contribution in [0.4, 0.5) is 17.6 Å². The van der Waals surface area contributed by atoms with Gasteiger partial charge >= 0.3 is 12.2 Å². The molecule has 13 heteroatoms. The zero-order chi connectivity index (χ0) is 30.5. The summed E-state index contributed by atoms with van der Waals surface area (Å²) in [5, 5.41) is 5.19. The van der Waals surface area contributed by atoms with Gasteiger partial charge in [0.25, 0.3) is 0 Å². The van der Waals surface area contributed by atoms with Crippen molar-refractivity contribution in [3.8, 4) is 23.1 Å². The molecule has 0 bridgehead atoms. The van der Waals surface area contributed by atoms with E-state index in [9.17, 15) is 13.2 Å². The molecule has 3 aromatic heterocycles. The lowest BCUT2D eigenvalue weighted by atomic mass is 9.96. The summed E-state index contributed by atoms with van der Waals surface area (Å²) in [5.74, 6) is -1.26. The van der Waals surface area contributed by atoms with Crippen molar-refractivity contribution in [3.63, 3.8) is 0 Å². The topological polar surface area (TPSA) is 87.4 Å². The van der Waals surface area contributed by atoms with E-state index in [1.165, 1.54) is 6.20 Å². The van der Waals surface area contributed by atoms with Gasteiger partial charge in [-0.15, -0.1) is 0 Å². The Morgan fingerprint density at radius 1 is 1.09 bits per heavy atom.